The molecule has 1 aliphatic rings. The Morgan fingerprint density at radius 2 is 1.87 bits per heavy atom. The van der Waals surface area contributed by atoms with E-state index in [9.17, 15) is 15.0 Å². The number of nitrogens with zero attached hydrogens (tertiary/aromatic N) is 4. The number of carbonyl (C=O) groups excluding carboxylic acids is 1. The van der Waals surface area contributed by atoms with Gasteiger partial charge in [0.1, 0.15) is 31.2 Å². The summed E-state index contributed by atoms with van der Waals surface area (Å²) in [6.45, 7) is 3.84. The van der Waals surface area contributed by atoms with Gasteiger partial charge in [0.15, 0.2) is 23.2 Å². The third kappa shape index (κ3) is 5.83. The van der Waals surface area contributed by atoms with Crippen LogP contribution >= 0.6 is 0 Å². The molecule has 5 atom stereocenters. The van der Waals surface area contributed by atoms with Gasteiger partial charge in [-0.3, -0.25) is 4.57 Å². The van der Waals surface area contributed by atoms with E-state index in [1.54, 1.807) is 10.6 Å². The molecule has 3 heterocycles. The number of hydrogen-bond donors (Lipinski definition) is 3. The van der Waals surface area contributed by atoms with Crippen LogP contribution < -0.4 is 5.32 Å². The zero-order valence-electron chi connectivity index (χ0n) is 21.7. The minimum absolute atomic E-state index is 0.0173. The number of aryl methyl sites for hydroxylation is 1. The van der Waals surface area contributed by atoms with Crippen molar-refractivity contribution in [3.63, 3.8) is 0 Å². The summed E-state index contributed by atoms with van der Waals surface area (Å²) in [6.07, 6.45) is 2.23. The number of esters is 1. The van der Waals surface area contributed by atoms with Gasteiger partial charge in [-0.15, -0.1) is 0 Å². The Bertz CT molecular complexity index is 1440. The summed E-state index contributed by atoms with van der Waals surface area (Å²) in [4.78, 5) is 25.4. The fourth-order valence-electron chi connectivity index (χ4n) is 4.57. The van der Waals surface area contributed by atoms with Gasteiger partial charge in [0.05, 0.1) is 12.4 Å². The van der Waals surface area contributed by atoms with E-state index in [0.717, 1.165) is 23.1 Å². The Hall–Kier alpha value is -4.12. The third-order valence-electron chi connectivity index (χ3n) is 6.77. The molecule has 3 N–H and O–H groups in total. The maximum Gasteiger partial charge on any atom is 0.330 e. The second kappa shape index (κ2) is 11.7. The topological polar surface area (TPSA) is 132 Å². The predicted molar refractivity (Wildman–Crippen MR) is 146 cm³/mol. The number of ether oxygens (including phenoxy) is 2. The van der Waals surface area contributed by atoms with Gasteiger partial charge in [-0.05, 0) is 30.5 Å². The molecule has 2 aromatic carbocycles. The molecule has 0 amide bonds. The van der Waals surface area contributed by atoms with Crippen molar-refractivity contribution >= 4 is 29.0 Å². The van der Waals surface area contributed by atoms with Gasteiger partial charge in [-0.1, -0.05) is 67.1 Å². The van der Waals surface area contributed by atoms with Gasteiger partial charge in [-0.25, -0.2) is 19.7 Å². The molecule has 0 saturated carbocycles. The number of fused-ring (bicyclic) bond motifs is 1. The molecule has 2 aromatic heterocycles. The van der Waals surface area contributed by atoms with Crippen molar-refractivity contribution in [3.8, 4) is 0 Å². The molecule has 0 spiro atoms. The second-order valence-electron chi connectivity index (χ2n) is 9.48. The average Bonchev–Trinajstić information content (AvgIpc) is 3.51. The number of rotatable bonds is 9. The third-order valence-corrected chi connectivity index (χ3v) is 6.77. The number of benzene rings is 2. The van der Waals surface area contributed by atoms with E-state index in [2.05, 4.69) is 27.2 Å². The maximum absolute atomic E-state index is 12.2. The lowest BCUT2D eigenvalue weighted by atomic mass is 10.0. The molecule has 5 unspecified atom stereocenters. The van der Waals surface area contributed by atoms with Crippen molar-refractivity contribution in [2.75, 3.05) is 11.9 Å². The van der Waals surface area contributed by atoms with Gasteiger partial charge >= 0.3 is 5.97 Å². The Balaban J connectivity index is 1.27. The highest BCUT2D eigenvalue weighted by molar-refractivity contribution is 5.87. The van der Waals surface area contributed by atoms with Crippen molar-refractivity contribution in [2.45, 2.75) is 50.8 Å². The van der Waals surface area contributed by atoms with Crippen LogP contribution in [0.3, 0.4) is 0 Å². The Morgan fingerprint density at radius 3 is 2.62 bits per heavy atom. The second-order valence-corrected chi connectivity index (χ2v) is 9.48. The smallest absolute Gasteiger partial charge is 0.330 e. The summed E-state index contributed by atoms with van der Waals surface area (Å²) >= 11 is 0. The number of nitrogens with one attached hydrogen (secondary N) is 1. The average molecular weight is 530 g/mol. The van der Waals surface area contributed by atoms with Crippen LogP contribution in [0.15, 0.2) is 73.3 Å². The number of anilines is 1. The molecular weight excluding hydrogens is 498 g/mol. The van der Waals surface area contributed by atoms with E-state index in [0.29, 0.717) is 17.0 Å². The lowest BCUT2D eigenvalue weighted by Gasteiger charge is -2.19. The summed E-state index contributed by atoms with van der Waals surface area (Å²) in [7, 11) is 0. The molecule has 4 aromatic rings. The summed E-state index contributed by atoms with van der Waals surface area (Å²) in [5, 5.41) is 24.8. The first-order chi connectivity index (χ1) is 18.9. The first kappa shape index (κ1) is 26.5. The minimum atomic E-state index is -1.28. The van der Waals surface area contributed by atoms with E-state index in [1.807, 2.05) is 61.5 Å². The van der Waals surface area contributed by atoms with Gasteiger partial charge < -0.3 is 25.0 Å². The Kier molecular flexibility index (Phi) is 7.97. The molecule has 0 aliphatic carbocycles. The van der Waals surface area contributed by atoms with E-state index < -0.39 is 30.5 Å². The molecule has 1 aliphatic heterocycles. The zero-order valence-corrected chi connectivity index (χ0v) is 21.7. The fourth-order valence-corrected chi connectivity index (χ4v) is 4.57. The standard InChI is InChI=1S/C29H31N5O5/c1-3-21(20-7-5-4-6-8-20)33-27-24-28(31-16-30-27)34(17-32-24)29-26(37)25(36)22(39-29)15-38-23(35)14-13-19-11-9-18(2)10-12-19/h4-14,16-17,21-22,25-26,29,36-37H,3,15H2,1-2H3,(H,30,31,33). The molecule has 0 bridgehead atoms. The van der Waals surface area contributed by atoms with Crippen LogP contribution in [0.5, 0.6) is 0 Å². The molecule has 0 radical (unpaired) electrons. The molecule has 5 rings (SSSR count). The number of aliphatic hydroxyl groups is 2. The summed E-state index contributed by atoms with van der Waals surface area (Å²) in [5.74, 6) is -0.0296. The zero-order chi connectivity index (χ0) is 27.4. The summed E-state index contributed by atoms with van der Waals surface area (Å²) in [6, 6.07) is 17.8. The Morgan fingerprint density at radius 1 is 1.10 bits per heavy atom. The molecule has 10 heteroatoms. The van der Waals surface area contributed by atoms with Gasteiger partial charge in [-0.2, -0.15) is 0 Å². The molecule has 1 fully saturated rings. The van der Waals surface area contributed by atoms with Crippen molar-refractivity contribution in [2.24, 2.45) is 0 Å². The molecular formula is C29H31N5O5. The monoisotopic (exact) mass is 529 g/mol. The Labute approximate surface area is 226 Å². The molecule has 10 nitrogen and oxygen atoms in total. The largest absolute Gasteiger partial charge is 0.460 e. The van der Waals surface area contributed by atoms with Crippen molar-refractivity contribution in [1.82, 2.24) is 19.5 Å². The van der Waals surface area contributed by atoms with Crippen molar-refractivity contribution in [1.29, 1.82) is 0 Å². The van der Waals surface area contributed by atoms with Crippen LogP contribution in [0.4, 0.5) is 5.82 Å². The van der Waals surface area contributed by atoms with Gasteiger partial charge in [0.2, 0.25) is 0 Å². The van der Waals surface area contributed by atoms with Crippen LogP contribution in [0.25, 0.3) is 17.2 Å². The van der Waals surface area contributed by atoms with Crippen molar-refractivity contribution < 1.29 is 24.5 Å². The van der Waals surface area contributed by atoms with Crippen molar-refractivity contribution in [3.05, 3.63) is 90.0 Å². The van der Waals surface area contributed by atoms with Crippen LogP contribution in [-0.2, 0) is 14.3 Å². The normalized spacial score (nSPS) is 21.8. The van der Waals surface area contributed by atoms with Crippen LogP contribution in [0.1, 0.15) is 42.3 Å². The van der Waals surface area contributed by atoms with Gasteiger partial charge in [0, 0.05) is 6.08 Å². The predicted octanol–water partition coefficient (Wildman–Crippen LogP) is 3.57. The SMILES string of the molecule is CCC(Nc1ncnc2c1ncn2C1OC(COC(=O)C=Cc2ccc(C)cc2)C(O)C1O)c1ccccc1. The minimum Gasteiger partial charge on any atom is -0.460 e. The van der Waals surface area contributed by atoms with E-state index in [-0.39, 0.29) is 12.6 Å². The number of carbonyl (C=O) groups is 1. The number of imidazole rings is 1. The first-order valence-electron chi connectivity index (χ1n) is 12.9. The van der Waals surface area contributed by atoms with Crippen LogP contribution in [-0.4, -0.2) is 60.6 Å². The van der Waals surface area contributed by atoms with E-state index >= 15 is 0 Å². The summed E-state index contributed by atoms with van der Waals surface area (Å²) in [5.41, 5.74) is 4.05. The lowest BCUT2D eigenvalue weighted by Crippen LogP contribution is -2.34. The highest BCUT2D eigenvalue weighted by atomic mass is 16.6. The molecule has 202 valence electrons. The first-order valence-corrected chi connectivity index (χ1v) is 12.9. The quantitative estimate of drug-likeness (QED) is 0.220. The highest BCUT2D eigenvalue weighted by Crippen LogP contribution is 2.33. The highest BCUT2D eigenvalue weighted by Gasteiger charge is 2.45. The number of hydrogen-bond acceptors (Lipinski definition) is 9. The molecule has 39 heavy (non-hydrogen) atoms. The van der Waals surface area contributed by atoms with E-state index in [1.165, 1.54) is 18.7 Å². The van der Waals surface area contributed by atoms with Crippen LogP contribution in [0.2, 0.25) is 0 Å². The number of aliphatic hydroxyl groups excluding tert-OH is 2. The van der Waals surface area contributed by atoms with E-state index in [4.69, 9.17) is 9.47 Å². The number of aromatic nitrogens is 4. The maximum atomic E-state index is 12.2. The lowest BCUT2D eigenvalue weighted by molar-refractivity contribution is -0.144. The molecule has 1 saturated heterocycles. The van der Waals surface area contributed by atoms with Gasteiger partial charge in [0.25, 0.3) is 0 Å². The summed E-state index contributed by atoms with van der Waals surface area (Å²) < 4.78 is 12.7. The van der Waals surface area contributed by atoms with Crippen LogP contribution in [0, 0.1) is 6.92 Å². The fraction of sp³-hybridized carbons (Fsp3) is 0.310.